The number of amidine groups is 1. The number of hydrogen-bond donors (Lipinski definition) is 1. The van der Waals surface area contributed by atoms with Gasteiger partial charge in [0.25, 0.3) is 0 Å². The lowest BCUT2D eigenvalue weighted by Gasteiger charge is -2.32. The maximum atomic E-state index is 4.63. The van der Waals surface area contributed by atoms with E-state index in [1.807, 2.05) is 0 Å². The molecule has 98 valence electrons. The van der Waals surface area contributed by atoms with E-state index in [9.17, 15) is 0 Å². The Morgan fingerprint density at radius 2 is 1.88 bits per heavy atom. The second kappa shape index (κ2) is 7.00. The zero-order valence-corrected chi connectivity index (χ0v) is 11.2. The minimum Gasteiger partial charge on any atom is -0.372 e. The van der Waals surface area contributed by atoms with Crippen molar-refractivity contribution in [2.75, 3.05) is 26.2 Å². The molecule has 1 saturated heterocycles. The van der Waals surface area contributed by atoms with E-state index in [4.69, 9.17) is 0 Å². The summed E-state index contributed by atoms with van der Waals surface area (Å²) in [4.78, 5) is 7.25. The Kier molecular flexibility index (Phi) is 5.30. The van der Waals surface area contributed by atoms with Crippen LogP contribution in [0.2, 0.25) is 0 Å². The van der Waals surface area contributed by atoms with Crippen LogP contribution >= 0.6 is 0 Å². The van der Waals surface area contributed by atoms with Crippen molar-refractivity contribution in [3.8, 4) is 0 Å². The van der Waals surface area contributed by atoms with Gasteiger partial charge in [0, 0.05) is 25.6 Å². The zero-order valence-electron chi connectivity index (χ0n) is 11.2. The smallest absolute Gasteiger partial charge is 0.0963 e. The fourth-order valence-corrected chi connectivity index (χ4v) is 2.77. The number of rotatable bonds is 3. The molecule has 1 fully saturated rings. The molecule has 17 heavy (non-hydrogen) atoms. The first-order valence-corrected chi connectivity index (χ1v) is 7.37. The molecule has 0 aliphatic carbocycles. The van der Waals surface area contributed by atoms with Crippen molar-refractivity contribution in [2.24, 2.45) is 4.99 Å². The molecule has 1 atom stereocenters. The summed E-state index contributed by atoms with van der Waals surface area (Å²) in [7, 11) is 0. The molecule has 0 aromatic carbocycles. The van der Waals surface area contributed by atoms with Crippen molar-refractivity contribution in [1.82, 2.24) is 10.2 Å². The molecule has 3 heteroatoms. The van der Waals surface area contributed by atoms with Gasteiger partial charge >= 0.3 is 0 Å². The minimum absolute atomic E-state index is 0.654. The highest BCUT2D eigenvalue weighted by atomic mass is 15.2. The molecule has 0 radical (unpaired) electrons. The summed E-state index contributed by atoms with van der Waals surface area (Å²) in [6.07, 6.45) is 9.26. The molecule has 2 aliphatic heterocycles. The normalized spacial score (nSPS) is 24.9. The molecule has 0 saturated carbocycles. The lowest BCUT2D eigenvalue weighted by Crippen LogP contribution is -2.44. The lowest BCUT2D eigenvalue weighted by atomic mass is 10.1. The van der Waals surface area contributed by atoms with E-state index in [0.29, 0.717) is 6.04 Å². The molecular formula is C14H27N3. The third kappa shape index (κ3) is 4.30. The molecule has 0 aromatic rings. The molecule has 1 N–H and O–H groups in total. The molecular weight excluding hydrogens is 210 g/mol. The van der Waals surface area contributed by atoms with Crippen LogP contribution in [0.4, 0.5) is 0 Å². The molecule has 3 nitrogen and oxygen atoms in total. The van der Waals surface area contributed by atoms with Crippen molar-refractivity contribution in [1.29, 1.82) is 0 Å². The Morgan fingerprint density at radius 3 is 2.71 bits per heavy atom. The van der Waals surface area contributed by atoms with Gasteiger partial charge in [-0.3, -0.25) is 9.89 Å². The van der Waals surface area contributed by atoms with Crippen LogP contribution < -0.4 is 5.32 Å². The van der Waals surface area contributed by atoms with Gasteiger partial charge in [-0.15, -0.1) is 0 Å². The summed E-state index contributed by atoms with van der Waals surface area (Å²) in [6, 6.07) is 0.654. The van der Waals surface area contributed by atoms with E-state index in [1.54, 1.807) is 0 Å². The van der Waals surface area contributed by atoms with E-state index in [-0.39, 0.29) is 0 Å². The first-order valence-electron chi connectivity index (χ1n) is 7.37. The van der Waals surface area contributed by atoms with Gasteiger partial charge < -0.3 is 5.32 Å². The molecule has 0 spiro atoms. The van der Waals surface area contributed by atoms with Gasteiger partial charge in [-0.25, -0.2) is 0 Å². The highest BCUT2D eigenvalue weighted by Crippen LogP contribution is 2.12. The molecule has 1 unspecified atom stereocenters. The number of hydrogen-bond acceptors (Lipinski definition) is 3. The summed E-state index contributed by atoms with van der Waals surface area (Å²) in [5.41, 5.74) is 0. The Hall–Kier alpha value is -0.570. The van der Waals surface area contributed by atoms with Crippen LogP contribution in [0, 0.1) is 0 Å². The Balaban J connectivity index is 1.70. The Labute approximate surface area is 106 Å². The summed E-state index contributed by atoms with van der Waals surface area (Å²) in [5.74, 6) is 1.26. The quantitative estimate of drug-likeness (QED) is 0.816. The maximum absolute atomic E-state index is 4.63. The second-order valence-corrected chi connectivity index (χ2v) is 5.47. The lowest BCUT2D eigenvalue weighted by molar-refractivity contribution is 0.174. The SMILES string of the molecule is CC(CNC1=NCCCCC1)N1CCCCC1. The van der Waals surface area contributed by atoms with Crippen LogP contribution in [0.25, 0.3) is 0 Å². The van der Waals surface area contributed by atoms with Crippen LogP contribution in [0.3, 0.4) is 0 Å². The first kappa shape index (κ1) is 12.9. The first-order chi connectivity index (χ1) is 8.36. The number of aliphatic imine (C=N–C) groups is 1. The fourth-order valence-electron chi connectivity index (χ4n) is 2.77. The predicted molar refractivity (Wildman–Crippen MR) is 73.7 cm³/mol. The third-order valence-electron chi connectivity index (χ3n) is 3.99. The van der Waals surface area contributed by atoms with Crippen molar-refractivity contribution in [3.63, 3.8) is 0 Å². The van der Waals surface area contributed by atoms with Gasteiger partial charge in [0.15, 0.2) is 0 Å². The average Bonchev–Trinajstić information content (AvgIpc) is 2.65. The highest BCUT2D eigenvalue weighted by Gasteiger charge is 2.16. The number of piperidine rings is 1. The van der Waals surface area contributed by atoms with E-state index in [2.05, 4.69) is 22.1 Å². The largest absolute Gasteiger partial charge is 0.372 e. The summed E-state index contributed by atoms with van der Waals surface area (Å²) in [5, 5.41) is 3.57. The molecule has 0 bridgehead atoms. The molecule has 0 aromatic heterocycles. The maximum Gasteiger partial charge on any atom is 0.0963 e. The van der Waals surface area contributed by atoms with Crippen LogP contribution in [-0.4, -0.2) is 43.0 Å². The van der Waals surface area contributed by atoms with Gasteiger partial charge in [-0.05, 0) is 45.7 Å². The highest BCUT2D eigenvalue weighted by molar-refractivity contribution is 5.82. The van der Waals surface area contributed by atoms with E-state index in [0.717, 1.165) is 19.5 Å². The van der Waals surface area contributed by atoms with Crippen LogP contribution in [0.5, 0.6) is 0 Å². The Bertz CT molecular complexity index is 244. The van der Waals surface area contributed by atoms with Gasteiger partial charge in [-0.1, -0.05) is 12.8 Å². The molecule has 2 rings (SSSR count). The van der Waals surface area contributed by atoms with Gasteiger partial charge in [0.2, 0.25) is 0 Å². The van der Waals surface area contributed by atoms with Gasteiger partial charge in [-0.2, -0.15) is 0 Å². The van der Waals surface area contributed by atoms with Crippen molar-refractivity contribution < 1.29 is 0 Å². The summed E-state index contributed by atoms with van der Waals surface area (Å²) < 4.78 is 0. The molecule has 0 amide bonds. The number of nitrogens with one attached hydrogen (secondary N) is 1. The summed E-state index contributed by atoms with van der Waals surface area (Å²) in [6.45, 7) is 7.01. The van der Waals surface area contributed by atoms with Crippen LogP contribution in [-0.2, 0) is 0 Å². The molecule has 2 heterocycles. The topological polar surface area (TPSA) is 27.6 Å². The monoisotopic (exact) mass is 237 g/mol. The van der Waals surface area contributed by atoms with E-state index >= 15 is 0 Å². The van der Waals surface area contributed by atoms with Gasteiger partial charge in [0.05, 0.1) is 5.84 Å². The van der Waals surface area contributed by atoms with Crippen molar-refractivity contribution in [3.05, 3.63) is 0 Å². The van der Waals surface area contributed by atoms with Gasteiger partial charge in [0.1, 0.15) is 0 Å². The van der Waals surface area contributed by atoms with E-state index < -0.39 is 0 Å². The van der Waals surface area contributed by atoms with Crippen LogP contribution in [0.1, 0.15) is 51.9 Å². The third-order valence-corrected chi connectivity index (χ3v) is 3.99. The summed E-state index contributed by atoms with van der Waals surface area (Å²) >= 11 is 0. The van der Waals surface area contributed by atoms with E-state index in [1.165, 1.54) is 57.5 Å². The number of likely N-dealkylation sites (tertiary alicyclic amines) is 1. The Morgan fingerprint density at radius 1 is 1.12 bits per heavy atom. The predicted octanol–water partition coefficient (Wildman–Crippen LogP) is 2.42. The zero-order chi connectivity index (χ0) is 11.9. The van der Waals surface area contributed by atoms with Crippen LogP contribution in [0.15, 0.2) is 4.99 Å². The standard InChI is InChI=1S/C14H27N3/c1-13(17-10-6-3-7-11-17)12-16-14-8-4-2-5-9-15-14/h13H,2-12H2,1H3,(H,15,16). The fraction of sp³-hybridized carbons (Fsp3) is 0.929. The minimum atomic E-state index is 0.654. The number of nitrogens with zero attached hydrogens (tertiary/aromatic N) is 2. The molecule has 2 aliphatic rings. The average molecular weight is 237 g/mol. The van der Waals surface area contributed by atoms with Crippen molar-refractivity contribution >= 4 is 5.84 Å². The second-order valence-electron chi connectivity index (χ2n) is 5.47. The van der Waals surface area contributed by atoms with Crippen molar-refractivity contribution in [2.45, 2.75) is 57.9 Å².